The summed E-state index contributed by atoms with van der Waals surface area (Å²) in [5.74, 6) is 0.0623. The quantitative estimate of drug-likeness (QED) is 0.830. The molecule has 3 heteroatoms. The molecule has 0 fully saturated rings. The van der Waals surface area contributed by atoms with Crippen LogP contribution in [0.4, 0.5) is 0 Å². The second kappa shape index (κ2) is 5.50. The van der Waals surface area contributed by atoms with Gasteiger partial charge >= 0.3 is 0 Å². The zero-order valence-corrected chi connectivity index (χ0v) is 9.78. The van der Waals surface area contributed by atoms with Crippen molar-refractivity contribution in [3.05, 3.63) is 34.9 Å². The maximum absolute atomic E-state index is 9.73. The van der Waals surface area contributed by atoms with E-state index < -0.39 is 12.2 Å². The van der Waals surface area contributed by atoms with Crippen molar-refractivity contribution in [3.8, 4) is 0 Å². The monoisotopic (exact) mass is 228 g/mol. The maximum atomic E-state index is 9.73. The van der Waals surface area contributed by atoms with Crippen molar-refractivity contribution in [1.29, 1.82) is 0 Å². The van der Waals surface area contributed by atoms with Crippen molar-refractivity contribution < 1.29 is 10.2 Å². The number of aliphatic hydroxyl groups excluding tert-OH is 2. The highest BCUT2D eigenvalue weighted by Gasteiger charge is 2.19. The molecule has 1 rings (SSSR count). The molecule has 0 amide bonds. The molecule has 2 N–H and O–H groups in total. The van der Waals surface area contributed by atoms with Gasteiger partial charge in [-0.3, -0.25) is 0 Å². The number of hydrogen-bond acceptors (Lipinski definition) is 2. The van der Waals surface area contributed by atoms with Gasteiger partial charge in [-0.1, -0.05) is 37.6 Å². The van der Waals surface area contributed by atoms with Gasteiger partial charge in [-0.05, 0) is 23.6 Å². The first-order chi connectivity index (χ1) is 7.00. The van der Waals surface area contributed by atoms with Crippen LogP contribution in [0.5, 0.6) is 0 Å². The molecular weight excluding hydrogens is 212 g/mol. The minimum absolute atomic E-state index is 0.0623. The van der Waals surface area contributed by atoms with E-state index in [1.54, 1.807) is 12.1 Å². The van der Waals surface area contributed by atoms with Crippen molar-refractivity contribution in [2.24, 2.45) is 5.92 Å². The van der Waals surface area contributed by atoms with Crippen LogP contribution >= 0.6 is 11.6 Å². The lowest BCUT2D eigenvalue weighted by Gasteiger charge is -2.20. The summed E-state index contributed by atoms with van der Waals surface area (Å²) in [5.41, 5.74) is 0.978. The van der Waals surface area contributed by atoms with Crippen LogP contribution in [-0.2, 0) is 6.42 Å². The molecule has 0 radical (unpaired) electrons. The van der Waals surface area contributed by atoms with Crippen LogP contribution in [0.25, 0.3) is 0 Å². The van der Waals surface area contributed by atoms with E-state index in [4.69, 9.17) is 11.6 Å². The molecular formula is C12H17ClO2. The zero-order chi connectivity index (χ0) is 11.4. The molecule has 84 valence electrons. The minimum Gasteiger partial charge on any atom is -0.390 e. The van der Waals surface area contributed by atoms with Gasteiger partial charge in [0.25, 0.3) is 0 Å². The van der Waals surface area contributed by atoms with E-state index in [2.05, 4.69) is 0 Å². The van der Waals surface area contributed by atoms with Crippen LogP contribution in [0.3, 0.4) is 0 Å². The summed E-state index contributed by atoms with van der Waals surface area (Å²) >= 11 is 5.75. The summed E-state index contributed by atoms with van der Waals surface area (Å²) in [6, 6.07) is 7.29. The number of aliphatic hydroxyl groups is 2. The summed E-state index contributed by atoms with van der Waals surface area (Å²) < 4.78 is 0. The summed E-state index contributed by atoms with van der Waals surface area (Å²) in [4.78, 5) is 0. The van der Waals surface area contributed by atoms with Crippen LogP contribution in [-0.4, -0.2) is 22.4 Å². The van der Waals surface area contributed by atoms with Gasteiger partial charge in [-0.15, -0.1) is 0 Å². The first-order valence-corrected chi connectivity index (χ1v) is 5.49. The predicted octanol–water partition coefficient (Wildman–Crippen LogP) is 2.26. The zero-order valence-electron chi connectivity index (χ0n) is 9.02. The van der Waals surface area contributed by atoms with Crippen molar-refractivity contribution in [1.82, 2.24) is 0 Å². The summed E-state index contributed by atoms with van der Waals surface area (Å²) in [5, 5.41) is 20.0. The standard InChI is InChI=1S/C12H17ClO2/c1-8(2)12(15)11(14)7-9-3-5-10(13)6-4-9/h3-6,8,11-12,14-15H,7H2,1-2H3. The smallest absolute Gasteiger partial charge is 0.0841 e. The normalized spacial score (nSPS) is 15.3. The Labute approximate surface area is 95.5 Å². The molecule has 0 aromatic heterocycles. The largest absolute Gasteiger partial charge is 0.390 e. The Morgan fingerprint density at radius 1 is 1.13 bits per heavy atom. The number of benzene rings is 1. The highest BCUT2D eigenvalue weighted by atomic mass is 35.5. The summed E-state index contributed by atoms with van der Waals surface area (Å²) in [6.07, 6.45) is -0.942. The van der Waals surface area contributed by atoms with E-state index in [0.29, 0.717) is 11.4 Å². The average molecular weight is 229 g/mol. The van der Waals surface area contributed by atoms with Gasteiger partial charge < -0.3 is 10.2 Å². The molecule has 1 aromatic rings. The van der Waals surface area contributed by atoms with E-state index in [9.17, 15) is 10.2 Å². The molecule has 15 heavy (non-hydrogen) atoms. The Morgan fingerprint density at radius 2 is 1.67 bits per heavy atom. The van der Waals surface area contributed by atoms with Crippen LogP contribution < -0.4 is 0 Å². The molecule has 0 spiro atoms. The third-order valence-corrected chi connectivity index (χ3v) is 2.69. The second-order valence-electron chi connectivity index (χ2n) is 4.13. The topological polar surface area (TPSA) is 40.5 Å². The highest BCUT2D eigenvalue weighted by molar-refractivity contribution is 6.30. The summed E-state index contributed by atoms with van der Waals surface area (Å²) in [6.45, 7) is 3.77. The van der Waals surface area contributed by atoms with Gasteiger partial charge in [0, 0.05) is 11.4 Å². The molecule has 0 aliphatic rings. The van der Waals surface area contributed by atoms with Crippen molar-refractivity contribution >= 4 is 11.6 Å². The molecule has 0 heterocycles. The SMILES string of the molecule is CC(C)C(O)C(O)Cc1ccc(Cl)cc1. The van der Waals surface area contributed by atoms with Crippen molar-refractivity contribution in [2.45, 2.75) is 32.5 Å². The Balaban J connectivity index is 2.58. The fraction of sp³-hybridized carbons (Fsp3) is 0.500. The van der Waals surface area contributed by atoms with Crippen LogP contribution in [0.15, 0.2) is 24.3 Å². The van der Waals surface area contributed by atoms with E-state index in [0.717, 1.165) is 5.56 Å². The molecule has 2 unspecified atom stereocenters. The molecule has 1 aromatic carbocycles. The fourth-order valence-electron chi connectivity index (χ4n) is 1.43. The Morgan fingerprint density at radius 3 is 2.13 bits per heavy atom. The number of hydrogen-bond donors (Lipinski definition) is 2. The van der Waals surface area contributed by atoms with Gasteiger partial charge in [-0.2, -0.15) is 0 Å². The lowest BCUT2D eigenvalue weighted by Crippen LogP contribution is -2.32. The van der Waals surface area contributed by atoms with E-state index in [-0.39, 0.29) is 5.92 Å². The molecule has 2 atom stereocenters. The number of rotatable bonds is 4. The predicted molar refractivity (Wildman–Crippen MR) is 62.0 cm³/mol. The molecule has 0 aliphatic carbocycles. The molecule has 0 aliphatic heterocycles. The van der Waals surface area contributed by atoms with E-state index in [1.807, 2.05) is 26.0 Å². The average Bonchev–Trinajstić information content (AvgIpc) is 2.20. The van der Waals surface area contributed by atoms with Crippen LogP contribution in [0, 0.1) is 5.92 Å². The Kier molecular flexibility index (Phi) is 4.58. The summed E-state index contributed by atoms with van der Waals surface area (Å²) in [7, 11) is 0. The van der Waals surface area contributed by atoms with Gasteiger partial charge in [0.05, 0.1) is 12.2 Å². The maximum Gasteiger partial charge on any atom is 0.0841 e. The highest BCUT2D eigenvalue weighted by Crippen LogP contribution is 2.14. The first kappa shape index (κ1) is 12.5. The van der Waals surface area contributed by atoms with Crippen molar-refractivity contribution in [3.63, 3.8) is 0 Å². The minimum atomic E-state index is -0.717. The second-order valence-corrected chi connectivity index (χ2v) is 4.57. The molecule has 0 bridgehead atoms. The van der Waals surface area contributed by atoms with Crippen LogP contribution in [0.1, 0.15) is 19.4 Å². The molecule has 0 saturated carbocycles. The van der Waals surface area contributed by atoms with Gasteiger partial charge in [0.15, 0.2) is 0 Å². The Hall–Kier alpha value is -0.570. The Bertz CT molecular complexity index is 295. The molecule has 2 nitrogen and oxygen atoms in total. The van der Waals surface area contributed by atoms with Gasteiger partial charge in [0.2, 0.25) is 0 Å². The number of halogens is 1. The fourth-order valence-corrected chi connectivity index (χ4v) is 1.55. The first-order valence-electron chi connectivity index (χ1n) is 5.11. The van der Waals surface area contributed by atoms with Crippen molar-refractivity contribution in [2.75, 3.05) is 0 Å². The van der Waals surface area contributed by atoms with Crippen LogP contribution in [0.2, 0.25) is 5.02 Å². The molecule has 0 saturated heterocycles. The lowest BCUT2D eigenvalue weighted by atomic mass is 9.96. The lowest BCUT2D eigenvalue weighted by molar-refractivity contribution is -0.00731. The van der Waals surface area contributed by atoms with Gasteiger partial charge in [0.1, 0.15) is 0 Å². The van der Waals surface area contributed by atoms with E-state index in [1.165, 1.54) is 0 Å². The van der Waals surface area contributed by atoms with Gasteiger partial charge in [-0.25, -0.2) is 0 Å². The third-order valence-electron chi connectivity index (χ3n) is 2.44. The third kappa shape index (κ3) is 3.82. The van der Waals surface area contributed by atoms with E-state index >= 15 is 0 Å².